The number of benzene rings is 1. The molecule has 1 aromatic carbocycles. The summed E-state index contributed by atoms with van der Waals surface area (Å²) in [5.74, 6) is 1.09. The Morgan fingerprint density at radius 1 is 1.18 bits per heavy atom. The Morgan fingerprint density at radius 2 is 2.06 bits per heavy atom. The molecule has 0 amide bonds. The smallest absolute Gasteiger partial charge is 0.123 e. The Hall–Kier alpha value is -1.02. The van der Waals surface area contributed by atoms with E-state index in [1.54, 1.807) is 18.2 Å². The summed E-state index contributed by atoms with van der Waals surface area (Å²) in [6.45, 7) is 1.15. The highest BCUT2D eigenvalue weighted by Crippen LogP contribution is 2.38. The largest absolute Gasteiger partial charge is 0.496 e. The molecule has 0 bridgehead atoms. The Bertz CT molecular complexity index is 408. The van der Waals surface area contributed by atoms with Crippen LogP contribution in [0.5, 0.6) is 5.75 Å². The first kappa shape index (κ1) is 11.1. The Labute approximate surface area is 103 Å². The highest BCUT2D eigenvalue weighted by Gasteiger charge is 2.25. The van der Waals surface area contributed by atoms with Crippen LogP contribution < -0.4 is 10.1 Å². The summed E-state index contributed by atoms with van der Waals surface area (Å²) in [5.41, 5.74) is 4.60. The van der Waals surface area contributed by atoms with E-state index in [9.17, 15) is 0 Å². The molecule has 3 rings (SSSR count). The van der Waals surface area contributed by atoms with Gasteiger partial charge in [0.05, 0.1) is 7.11 Å². The van der Waals surface area contributed by atoms with E-state index in [1.165, 1.54) is 44.1 Å². The molecular formula is C15H21NO. The van der Waals surface area contributed by atoms with E-state index in [1.807, 2.05) is 0 Å². The third-order valence-corrected chi connectivity index (χ3v) is 4.17. The van der Waals surface area contributed by atoms with Crippen LogP contribution in [0.3, 0.4) is 0 Å². The van der Waals surface area contributed by atoms with E-state index in [4.69, 9.17) is 4.74 Å². The van der Waals surface area contributed by atoms with E-state index in [2.05, 4.69) is 17.4 Å². The number of methoxy groups -OCH3 is 1. The van der Waals surface area contributed by atoms with Crippen molar-refractivity contribution in [1.82, 2.24) is 5.32 Å². The molecule has 1 saturated heterocycles. The van der Waals surface area contributed by atoms with Crippen molar-refractivity contribution >= 4 is 0 Å². The Balaban J connectivity index is 2.07. The lowest BCUT2D eigenvalue weighted by molar-refractivity contribution is 0.401. The van der Waals surface area contributed by atoms with Gasteiger partial charge in [-0.05, 0) is 62.3 Å². The minimum atomic E-state index is 0.526. The van der Waals surface area contributed by atoms with Gasteiger partial charge in [-0.15, -0.1) is 0 Å². The van der Waals surface area contributed by atoms with Crippen molar-refractivity contribution in [3.05, 3.63) is 28.8 Å². The predicted molar refractivity (Wildman–Crippen MR) is 69.6 cm³/mol. The molecule has 1 N–H and O–H groups in total. The molecule has 1 aliphatic carbocycles. The first-order valence-electron chi connectivity index (χ1n) is 6.82. The summed E-state index contributed by atoms with van der Waals surface area (Å²) < 4.78 is 5.58. The molecule has 0 radical (unpaired) electrons. The lowest BCUT2D eigenvalue weighted by Crippen LogP contribution is -2.18. The van der Waals surface area contributed by atoms with Crippen molar-refractivity contribution in [2.75, 3.05) is 13.7 Å². The molecule has 1 atom stereocenters. The summed E-state index contributed by atoms with van der Waals surface area (Å²) in [7, 11) is 1.79. The first-order chi connectivity index (χ1) is 8.40. The quantitative estimate of drug-likeness (QED) is 0.845. The zero-order chi connectivity index (χ0) is 11.7. The summed E-state index contributed by atoms with van der Waals surface area (Å²) >= 11 is 0. The molecule has 1 aliphatic heterocycles. The van der Waals surface area contributed by atoms with Crippen molar-refractivity contribution in [2.24, 2.45) is 0 Å². The fraction of sp³-hybridized carbons (Fsp3) is 0.600. The number of nitrogens with one attached hydrogen (secondary N) is 1. The second-order valence-electron chi connectivity index (χ2n) is 5.18. The van der Waals surface area contributed by atoms with Gasteiger partial charge in [-0.3, -0.25) is 0 Å². The fourth-order valence-electron chi connectivity index (χ4n) is 3.33. The van der Waals surface area contributed by atoms with Crippen LogP contribution in [0.15, 0.2) is 12.1 Å². The Morgan fingerprint density at radius 3 is 2.82 bits per heavy atom. The van der Waals surface area contributed by atoms with Crippen LogP contribution in [0.2, 0.25) is 0 Å². The van der Waals surface area contributed by atoms with Crippen LogP contribution in [0.4, 0.5) is 0 Å². The third-order valence-electron chi connectivity index (χ3n) is 4.17. The maximum Gasteiger partial charge on any atom is 0.123 e. The van der Waals surface area contributed by atoms with Crippen molar-refractivity contribution in [3.63, 3.8) is 0 Å². The van der Waals surface area contributed by atoms with Gasteiger partial charge in [-0.1, -0.05) is 6.07 Å². The van der Waals surface area contributed by atoms with E-state index < -0.39 is 0 Å². The maximum absolute atomic E-state index is 5.58. The second kappa shape index (κ2) is 4.69. The highest BCUT2D eigenvalue weighted by molar-refractivity contribution is 5.48. The van der Waals surface area contributed by atoms with E-state index in [0.717, 1.165) is 12.3 Å². The number of rotatable bonds is 2. The molecule has 2 nitrogen and oxygen atoms in total. The zero-order valence-electron chi connectivity index (χ0n) is 10.6. The van der Waals surface area contributed by atoms with Crippen LogP contribution in [-0.4, -0.2) is 13.7 Å². The van der Waals surface area contributed by atoms with Gasteiger partial charge in [0.15, 0.2) is 0 Å². The van der Waals surface area contributed by atoms with Crippen LogP contribution >= 0.6 is 0 Å². The number of ether oxygens (including phenoxy) is 1. The minimum absolute atomic E-state index is 0.526. The summed E-state index contributed by atoms with van der Waals surface area (Å²) in [5, 5.41) is 3.62. The number of aryl methyl sites for hydroxylation is 1. The predicted octanol–water partition coefficient (Wildman–Crippen LogP) is 3.00. The van der Waals surface area contributed by atoms with Gasteiger partial charge in [0.1, 0.15) is 5.75 Å². The molecule has 17 heavy (non-hydrogen) atoms. The second-order valence-corrected chi connectivity index (χ2v) is 5.18. The van der Waals surface area contributed by atoms with Crippen LogP contribution in [0.25, 0.3) is 0 Å². The number of hydrogen-bond acceptors (Lipinski definition) is 2. The molecule has 1 heterocycles. The molecule has 0 saturated carbocycles. The van der Waals surface area contributed by atoms with E-state index in [0.29, 0.717) is 6.04 Å². The van der Waals surface area contributed by atoms with Crippen molar-refractivity contribution in [1.29, 1.82) is 0 Å². The van der Waals surface area contributed by atoms with Gasteiger partial charge < -0.3 is 10.1 Å². The monoisotopic (exact) mass is 231 g/mol. The molecule has 0 spiro atoms. The van der Waals surface area contributed by atoms with Crippen molar-refractivity contribution < 1.29 is 4.74 Å². The molecule has 2 heteroatoms. The van der Waals surface area contributed by atoms with Gasteiger partial charge in [-0.25, -0.2) is 0 Å². The summed E-state index contributed by atoms with van der Waals surface area (Å²) in [4.78, 5) is 0. The molecule has 1 unspecified atom stereocenters. The van der Waals surface area contributed by atoms with Gasteiger partial charge >= 0.3 is 0 Å². The molecule has 92 valence electrons. The van der Waals surface area contributed by atoms with Crippen LogP contribution in [0, 0.1) is 0 Å². The highest BCUT2D eigenvalue weighted by atomic mass is 16.5. The van der Waals surface area contributed by atoms with Gasteiger partial charge in [-0.2, -0.15) is 0 Å². The average molecular weight is 231 g/mol. The van der Waals surface area contributed by atoms with Crippen molar-refractivity contribution in [3.8, 4) is 5.75 Å². The molecule has 1 fully saturated rings. The number of fused-ring (bicyclic) bond motifs is 1. The summed E-state index contributed by atoms with van der Waals surface area (Å²) in [6.07, 6.45) is 7.71. The lowest BCUT2D eigenvalue weighted by atomic mass is 9.85. The van der Waals surface area contributed by atoms with Gasteiger partial charge in [0, 0.05) is 11.6 Å². The summed E-state index contributed by atoms with van der Waals surface area (Å²) in [6, 6.07) is 4.96. The molecular weight excluding hydrogens is 210 g/mol. The van der Waals surface area contributed by atoms with Crippen molar-refractivity contribution in [2.45, 2.75) is 44.6 Å². The normalized spacial score (nSPS) is 23.5. The topological polar surface area (TPSA) is 21.3 Å². The average Bonchev–Trinajstić information content (AvgIpc) is 2.91. The van der Waals surface area contributed by atoms with Gasteiger partial charge in [0.2, 0.25) is 0 Å². The molecule has 1 aromatic rings. The first-order valence-corrected chi connectivity index (χ1v) is 6.82. The maximum atomic E-state index is 5.58. The SMILES string of the molecule is COc1ccc2c(c1C1CCCN1)CCCC2. The number of hydrogen-bond donors (Lipinski definition) is 1. The minimum Gasteiger partial charge on any atom is -0.496 e. The lowest BCUT2D eigenvalue weighted by Gasteiger charge is -2.25. The Kier molecular flexibility index (Phi) is 3.06. The van der Waals surface area contributed by atoms with E-state index in [-0.39, 0.29) is 0 Å². The molecule has 0 aromatic heterocycles. The van der Waals surface area contributed by atoms with Gasteiger partial charge in [0.25, 0.3) is 0 Å². The third kappa shape index (κ3) is 1.95. The van der Waals surface area contributed by atoms with Crippen LogP contribution in [0.1, 0.15) is 48.4 Å². The van der Waals surface area contributed by atoms with Crippen LogP contribution in [-0.2, 0) is 12.8 Å². The van der Waals surface area contributed by atoms with E-state index >= 15 is 0 Å². The fourth-order valence-corrected chi connectivity index (χ4v) is 3.33. The zero-order valence-corrected chi connectivity index (χ0v) is 10.6. The molecule has 2 aliphatic rings. The standard InChI is InChI=1S/C15H21NO/c1-17-14-9-8-11-5-2-3-6-12(11)15(14)13-7-4-10-16-13/h8-9,13,16H,2-7,10H2,1H3.